The van der Waals surface area contributed by atoms with Crippen molar-refractivity contribution in [2.45, 2.75) is 70.1 Å². The minimum atomic E-state index is 0.227. The maximum Gasteiger partial charge on any atom is 0.0697 e. The van der Waals surface area contributed by atoms with Crippen LogP contribution in [0.2, 0.25) is 0 Å². The first-order chi connectivity index (χ1) is 8.17. The molecule has 1 atom stereocenters. The Labute approximate surface area is 106 Å². The van der Waals surface area contributed by atoms with E-state index in [1.54, 1.807) is 0 Å². The molecule has 1 aliphatic carbocycles. The number of ether oxygens (including phenoxy) is 1. The zero-order valence-corrected chi connectivity index (χ0v) is 11.5. The Bertz CT molecular complexity index is 236. The summed E-state index contributed by atoms with van der Waals surface area (Å²) in [6, 6.07) is 1.28. The van der Waals surface area contributed by atoms with Crippen molar-refractivity contribution >= 4 is 0 Å². The third kappa shape index (κ3) is 3.01. The molecule has 0 aromatic heterocycles. The molecule has 0 aromatic rings. The van der Waals surface area contributed by atoms with Crippen LogP contribution in [0, 0.1) is 0 Å². The summed E-state index contributed by atoms with van der Waals surface area (Å²) in [6.45, 7) is 7.30. The normalized spacial score (nSPS) is 28.4. The van der Waals surface area contributed by atoms with Crippen molar-refractivity contribution in [1.82, 2.24) is 4.90 Å². The average Bonchev–Trinajstić information content (AvgIpc) is 2.73. The molecule has 2 fully saturated rings. The lowest BCUT2D eigenvalue weighted by molar-refractivity contribution is -0.105. The van der Waals surface area contributed by atoms with Crippen LogP contribution in [0.3, 0.4) is 0 Å². The average molecular weight is 240 g/mol. The second-order valence-corrected chi connectivity index (χ2v) is 6.01. The first-order valence-corrected chi connectivity index (χ1v) is 7.27. The quantitative estimate of drug-likeness (QED) is 0.818. The molecule has 1 aliphatic heterocycles. The maximum atomic E-state index is 6.11. The monoisotopic (exact) mass is 240 g/mol. The molecule has 2 aliphatic rings. The Balaban J connectivity index is 1.99. The Morgan fingerprint density at radius 1 is 1.35 bits per heavy atom. The molecule has 0 aromatic carbocycles. The molecule has 1 heterocycles. The van der Waals surface area contributed by atoms with Crippen molar-refractivity contribution in [3.8, 4) is 0 Å². The van der Waals surface area contributed by atoms with E-state index in [-0.39, 0.29) is 5.60 Å². The van der Waals surface area contributed by atoms with Crippen LogP contribution in [0.25, 0.3) is 0 Å². The molecular formula is C14H28N2O. The van der Waals surface area contributed by atoms with Crippen LogP contribution in [0.15, 0.2) is 0 Å². The van der Waals surface area contributed by atoms with E-state index in [0.29, 0.717) is 12.1 Å². The number of rotatable bonds is 4. The van der Waals surface area contributed by atoms with Gasteiger partial charge in [0.25, 0.3) is 0 Å². The summed E-state index contributed by atoms with van der Waals surface area (Å²) in [5.41, 5.74) is 5.97. The number of hydrogen-bond acceptors (Lipinski definition) is 3. The van der Waals surface area contributed by atoms with E-state index in [0.717, 1.165) is 19.7 Å². The second kappa shape index (κ2) is 5.68. The van der Waals surface area contributed by atoms with Gasteiger partial charge in [-0.05, 0) is 39.5 Å². The molecule has 0 bridgehead atoms. The highest BCUT2D eigenvalue weighted by Gasteiger charge is 2.41. The van der Waals surface area contributed by atoms with Gasteiger partial charge < -0.3 is 10.5 Å². The minimum absolute atomic E-state index is 0.227. The summed E-state index contributed by atoms with van der Waals surface area (Å²) in [6.07, 6.45) is 7.66. The van der Waals surface area contributed by atoms with Crippen molar-refractivity contribution in [3.05, 3.63) is 0 Å². The van der Waals surface area contributed by atoms with E-state index in [1.165, 1.54) is 38.5 Å². The van der Waals surface area contributed by atoms with E-state index in [9.17, 15) is 0 Å². The van der Waals surface area contributed by atoms with Gasteiger partial charge in [-0.15, -0.1) is 0 Å². The topological polar surface area (TPSA) is 38.5 Å². The van der Waals surface area contributed by atoms with Gasteiger partial charge in [0.2, 0.25) is 0 Å². The van der Waals surface area contributed by atoms with Gasteiger partial charge in [0, 0.05) is 31.8 Å². The Kier molecular flexibility index (Phi) is 4.45. The summed E-state index contributed by atoms with van der Waals surface area (Å²) in [4.78, 5) is 2.59. The predicted octanol–water partition coefficient (Wildman–Crippen LogP) is 2.15. The highest BCUT2D eigenvalue weighted by molar-refractivity contribution is 4.94. The number of hydrogen-bond donors (Lipinski definition) is 1. The van der Waals surface area contributed by atoms with Crippen molar-refractivity contribution < 1.29 is 4.74 Å². The third-order valence-corrected chi connectivity index (χ3v) is 4.50. The zero-order chi connectivity index (χ0) is 12.3. The molecule has 100 valence electrons. The molecule has 1 spiro atoms. The smallest absolute Gasteiger partial charge is 0.0697 e. The van der Waals surface area contributed by atoms with Crippen LogP contribution in [0.5, 0.6) is 0 Å². The molecule has 3 heteroatoms. The Morgan fingerprint density at radius 3 is 2.65 bits per heavy atom. The SMILES string of the molecule is CC(C)N(CCN)C1CCOC2(CCCC2)C1. The fourth-order valence-corrected chi connectivity index (χ4v) is 3.66. The van der Waals surface area contributed by atoms with Gasteiger partial charge in [-0.3, -0.25) is 4.90 Å². The van der Waals surface area contributed by atoms with E-state index < -0.39 is 0 Å². The predicted molar refractivity (Wildman–Crippen MR) is 71.1 cm³/mol. The van der Waals surface area contributed by atoms with Crippen LogP contribution < -0.4 is 5.73 Å². The number of nitrogens with two attached hydrogens (primary N) is 1. The molecule has 2 rings (SSSR count). The van der Waals surface area contributed by atoms with Gasteiger partial charge in [-0.2, -0.15) is 0 Å². The Hall–Kier alpha value is -0.120. The van der Waals surface area contributed by atoms with Gasteiger partial charge in [0.05, 0.1) is 5.60 Å². The molecule has 17 heavy (non-hydrogen) atoms. The van der Waals surface area contributed by atoms with E-state index in [4.69, 9.17) is 10.5 Å². The standard InChI is InChI=1S/C14H28N2O/c1-12(2)16(9-8-15)13-5-10-17-14(11-13)6-3-4-7-14/h12-13H,3-11,15H2,1-2H3. The molecule has 1 unspecified atom stereocenters. The van der Waals surface area contributed by atoms with Crippen molar-refractivity contribution in [3.63, 3.8) is 0 Å². The summed E-state index contributed by atoms with van der Waals surface area (Å²) in [7, 11) is 0. The maximum absolute atomic E-state index is 6.11. The zero-order valence-electron chi connectivity index (χ0n) is 11.5. The minimum Gasteiger partial charge on any atom is -0.375 e. The lowest BCUT2D eigenvalue weighted by Crippen LogP contribution is -2.51. The van der Waals surface area contributed by atoms with Gasteiger partial charge in [-0.25, -0.2) is 0 Å². The fourth-order valence-electron chi connectivity index (χ4n) is 3.66. The van der Waals surface area contributed by atoms with Crippen LogP contribution in [-0.4, -0.2) is 42.3 Å². The van der Waals surface area contributed by atoms with Gasteiger partial charge in [0.1, 0.15) is 0 Å². The fraction of sp³-hybridized carbons (Fsp3) is 1.00. The first kappa shape index (κ1) is 13.3. The van der Waals surface area contributed by atoms with Crippen LogP contribution in [0.4, 0.5) is 0 Å². The van der Waals surface area contributed by atoms with Crippen molar-refractivity contribution in [2.75, 3.05) is 19.7 Å². The molecule has 0 amide bonds. The van der Waals surface area contributed by atoms with Crippen molar-refractivity contribution in [2.24, 2.45) is 5.73 Å². The van der Waals surface area contributed by atoms with E-state index in [1.807, 2.05) is 0 Å². The molecule has 0 radical (unpaired) electrons. The highest BCUT2D eigenvalue weighted by atomic mass is 16.5. The lowest BCUT2D eigenvalue weighted by Gasteiger charge is -2.44. The highest BCUT2D eigenvalue weighted by Crippen LogP contribution is 2.41. The lowest BCUT2D eigenvalue weighted by atomic mass is 9.87. The van der Waals surface area contributed by atoms with Crippen LogP contribution >= 0.6 is 0 Å². The first-order valence-electron chi connectivity index (χ1n) is 7.27. The summed E-state index contributed by atoms with van der Waals surface area (Å²) >= 11 is 0. The number of nitrogens with zero attached hydrogens (tertiary/aromatic N) is 1. The van der Waals surface area contributed by atoms with Crippen LogP contribution in [-0.2, 0) is 4.74 Å². The van der Waals surface area contributed by atoms with Crippen LogP contribution in [0.1, 0.15) is 52.4 Å². The summed E-state index contributed by atoms with van der Waals surface area (Å²) in [5, 5.41) is 0. The van der Waals surface area contributed by atoms with Crippen molar-refractivity contribution in [1.29, 1.82) is 0 Å². The van der Waals surface area contributed by atoms with Gasteiger partial charge in [-0.1, -0.05) is 12.8 Å². The van der Waals surface area contributed by atoms with E-state index in [2.05, 4.69) is 18.7 Å². The summed E-state index contributed by atoms with van der Waals surface area (Å²) < 4.78 is 6.11. The molecule has 1 saturated heterocycles. The third-order valence-electron chi connectivity index (χ3n) is 4.50. The Morgan fingerprint density at radius 2 is 2.06 bits per heavy atom. The van der Waals surface area contributed by atoms with Gasteiger partial charge in [0.15, 0.2) is 0 Å². The summed E-state index contributed by atoms with van der Waals surface area (Å²) in [5.74, 6) is 0. The largest absolute Gasteiger partial charge is 0.375 e. The second-order valence-electron chi connectivity index (χ2n) is 6.01. The molecule has 3 nitrogen and oxygen atoms in total. The van der Waals surface area contributed by atoms with Gasteiger partial charge >= 0.3 is 0 Å². The molecular weight excluding hydrogens is 212 g/mol. The molecule has 1 saturated carbocycles. The molecule has 2 N–H and O–H groups in total. The van der Waals surface area contributed by atoms with E-state index >= 15 is 0 Å².